The number of anilines is 1. The molecule has 1 aliphatic rings. The van der Waals surface area contributed by atoms with Crippen LogP contribution in [0, 0.1) is 0 Å². The van der Waals surface area contributed by atoms with Gasteiger partial charge in [0, 0.05) is 6.04 Å². The lowest BCUT2D eigenvalue weighted by Gasteiger charge is -2.16. The molecule has 0 aliphatic heterocycles. The maximum absolute atomic E-state index is 3.98. The van der Waals surface area contributed by atoms with E-state index in [1.54, 1.807) is 11.0 Å². The molecule has 5 heteroatoms. The van der Waals surface area contributed by atoms with Gasteiger partial charge in [-0.25, -0.2) is 0 Å². The summed E-state index contributed by atoms with van der Waals surface area (Å²) in [5.41, 5.74) is 4.91. The average molecular weight is 277 g/mol. The summed E-state index contributed by atoms with van der Waals surface area (Å²) < 4.78 is 1.68. The Kier molecular flexibility index (Phi) is 2.88. The number of hydrogen-bond donors (Lipinski definition) is 1. The van der Waals surface area contributed by atoms with Crippen LogP contribution in [0.4, 0.5) is 5.69 Å². The molecule has 0 fully saturated rings. The second kappa shape index (κ2) is 5.01. The van der Waals surface area contributed by atoms with Crippen molar-refractivity contribution in [3.05, 3.63) is 66.0 Å². The number of nitrogens with one attached hydrogen (secondary N) is 1. The van der Waals surface area contributed by atoms with E-state index in [4.69, 9.17) is 0 Å². The minimum absolute atomic E-state index is 0.417. The number of tetrazole rings is 1. The molecule has 0 radical (unpaired) electrons. The molecule has 1 N–H and O–H groups in total. The van der Waals surface area contributed by atoms with Gasteiger partial charge in [0.15, 0.2) is 0 Å². The van der Waals surface area contributed by atoms with Crippen molar-refractivity contribution >= 4 is 5.69 Å². The summed E-state index contributed by atoms with van der Waals surface area (Å²) in [5.74, 6) is 0. The van der Waals surface area contributed by atoms with Gasteiger partial charge in [-0.15, -0.1) is 5.10 Å². The summed E-state index contributed by atoms with van der Waals surface area (Å²) in [5, 5.41) is 15.0. The lowest BCUT2D eigenvalue weighted by molar-refractivity contribution is 0.761. The van der Waals surface area contributed by atoms with Gasteiger partial charge in [0.1, 0.15) is 6.33 Å². The molecular formula is C16H15N5. The van der Waals surface area contributed by atoms with Crippen molar-refractivity contribution in [3.8, 4) is 5.69 Å². The number of para-hydroxylation sites is 2. The van der Waals surface area contributed by atoms with E-state index in [1.807, 2.05) is 18.2 Å². The largest absolute Gasteiger partial charge is 0.380 e. The minimum Gasteiger partial charge on any atom is -0.380 e. The minimum atomic E-state index is 0.417. The molecule has 0 amide bonds. The molecule has 5 nitrogen and oxygen atoms in total. The van der Waals surface area contributed by atoms with Gasteiger partial charge in [-0.1, -0.05) is 36.4 Å². The van der Waals surface area contributed by atoms with Crippen molar-refractivity contribution in [2.45, 2.75) is 18.9 Å². The van der Waals surface area contributed by atoms with Crippen molar-refractivity contribution in [1.29, 1.82) is 0 Å². The summed E-state index contributed by atoms with van der Waals surface area (Å²) >= 11 is 0. The molecule has 2 aromatic carbocycles. The van der Waals surface area contributed by atoms with Crippen molar-refractivity contribution in [1.82, 2.24) is 20.2 Å². The molecule has 1 aliphatic carbocycles. The molecule has 21 heavy (non-hydrogen) atoms. The monoisotopic (exact) mass is 277 g/mol. The third-order valence-electron chi connectivity index (χ3n) is 3.91. The van der Waals surface area contributed by atoms with E-state index < -0.39 is 0 Å². The van der Waals surface area contributed by atoms with Gasteiger partial charge in [-0.3, -0.25) is 0 Å². The van der Waals surface area contributed by atoms with E-state index in [0.717, 1.165) is 24.2 Å². The maximum Gasteiger partial charge on any atom is 0.143 e. The highest BCUT2D eigenvalue weighted by Crippen LogP contribution is 2.26. The molecule has 0 bridgehead atoms. The van der Waals surface area contributed by atoms with E-state index in [1.165, 1.54) is 11.1 Å². The van der Waals surface area contributed by atoms with Gasteiger partial charge in [0.25, 0.3) is 0 Å². The summed E-state index contributed by atoms with van der Waals surface area (Å²) in [6.45, 7) is 0. The predicted octanol–water partition coefficient (Wildman–Crippen LogP) is 2.24. The number of nitrogens with zero attached hydrogens (tertiary/aromatic N) is 4. The van der Waals surface area contributed by atoms with Crippen LogP contribution in [0.2, 0.25) is 0 Å². The quantitative estimate of drug-likeness (QED) is 0.797. The molecule has 104 valence electrons. The number of benzene rings is 2. The lowest BCUT2D eigenvalue weighted by atomic mass is 10.1. The van der Waals surface area contributed by atoms with E-state index >= 15 is 0 Å². The molecular weight excluding hydrogens is 262 g/mol. The highest BCUT2D eigenvalue weighted by atomic mass is 15.5. The average Bonchev–Trinajstić information content (AvgIpc) is 3.16. The Labute approximate surface area is 122 Å². The number of fused-ring (bicyclic) bond motifs is 1. The van der Waals surface area contributed by atoms with Crippen LogP contribution in [0.3, 0.4) is 0 Å². The Hall–Kier alpha value is -2.69. The van der Waals surface area contributed by atoms with E-state index in [0.29, 0.717) is 6.04 Å². The molecule has 0 unspecified atom stereocenters. The molecule has 0 saturated heterocycles. The summed E-state index contributed by atoms with van der Waals surface area (Å²) in [6.07, 6.45) is 3.73. The molecule has 0 saturated carbocycles. The van der Waals surface area contributed by atoms with Crippen LogP contribution in [0.1, 0.15) is 11.1 Å². The summed E-state index contributed by atoms with van der Waals surface area (Å²) in [7, 11) is 0. The Bertz CT molecular complexity index is 726. The van der Waals surface area contributed by atoms with Crippen LogP contribution in [-0.4, -0.2) is 26.2 Å². The van der Waals surface area contributed by atoms with Crippen LogP contribution in [-0.2, 0) is 12.8 Å². The molecule has 4 rings (SSSR count). The fourth-order valence-electron chi connectivity index (χ4n) is 2.95. The van der Waals surface area contributed by atoms with Crippen LogP contribution in [0.15, 0.2) is 54.9 Å². The van der Waals surface area contributed by atoms with Crippen LogP contribution < -0.4 is 5.32 Å². The fraction of sp³-hybridized carbons (Fsp3) is 0.188. The molecule has 0 atom stereocenters. The Morgan fingerprint density at radius 2 is 1.67 bits per heavy atom. The van der Waals surface area contributed by atoms with Gasteiger partial charge in [0.2, 0.25) is 0 Å². The van der Waals surface area contributed by atoms with Crippen molar-refractivity contribution in [2.75, 3.05) is 5.32 Å². The third-order valence-corrected chi connectivity index (χ3v) is 3.91. The molecule has 0 spiro atoms. The Morgan fingerprint density at radius 3 is 2.38 bits per heavy atom. The van der Waals surface area contributed by atoms with Crippen molar-refractivity contribution in [3.63, 3.8) is 0 Å². The zero-order chi connectivity index (χ0) is 14.1. The summed E-state index contributed by atoms with van der Waals surface area (Å²) in [4.78, 5) is 0. The van der Waals surface area contributed by atoms with Gasteiger partial charge in [0.05, 0.1) is 11.4 Å². The number of hydrogen-bond acceptors (Lipinski definition) is 4. The smallest absolute Gasteiger partial charge is 0.143 e. The zero-order valence-corrected chi connectivity index (χ0v) is 11.5. The maximum atomic E-state index is 3.98. The SMILES string of the molecule is c1ccc2c(c1)CC(Nc1ccccc1-n1cnnn1)C2. The van der Waals surface area contributed by atoms with Crippen LogP contribution in [0.5, 0.6) is 0 Å². The first-order valence-electron chi connectivity index (χ1n) is 7.06. The second-order valence-electron chi connectivity index (χ2n) is 5.29. The van der Waals surface area contributed by atoms with Gasteiger partial charge in [-0.2, -0.15) is 4.68 Å². The highest BCUT2D eigenvalue weighted by Gasteiger charge is 2.21. The van der Waals surface area contributed by atoms with Crippen molar-refractivity contribution in [2.24, 2.45) is 0 Å². The van der Waals surface area contributed by atoms with Crippen LogP contribution >= 0.6 is 0 Å². The fourth-order valence-corrected chi connectivity index (χ4v) is 2.95. The van der Waals surface area contributed by atoms with Gasteiger partial charge < -0.3 is 5.32 Å². The lowest BCUT2D eigenvalue weighted by Crippen LogP contribution is -2.20. The zero-order valence-electron chi connectivity index (χ0n) is 11.5. The topological polar surface area (TPSA) is 55.6 Å². The Morgan fingerprint density at radius 1 is 0.952 bits per heavy atom. The first kappa shape index (κ1) is 12.1. The van der Waals surface area contributed by atoms with Gasteiger partial charge in [-0.05, 0) is 46.5 Å². The van der Waals surface area contributed by atoms with E-state index in [2.05, 4.69) is 51.2 Å². The Balaban J connectivity index is 1.59. The number of aromatic nitrogens is 4. The standard InChI is InChI=1S/C16H15N5/c1-2-6-13-10-14(9-12(13)5-1)18-15-7-3-4-8-16(15)21-11-17-19-20-21/h1-8,11,14,18H,9-10H2. The van der Waals surface area contributed by atoms with Gasteiger partial charge >= 0.3 is 0 Å². The highest BCUT2D eigenvalue weighted by molar-refractivity contribution is 5.61. The number of rotatable bonds is 3. The first-order valence-corrected chi connectivity index (χ1v) is 7.06. The molecule has 1 heterocycles. The normalized spacial score (nSPS) is 14.1. The van der Waals surface area contributed by atoms with E-state index in [-0.39, 0.29) is 0 Å². The van der Waals surface area contributed by atoms with Crippen molar-refractivity contribution < 1.29 is 0 Å². The summed E-state index contributed by atoms with van der Waals surface area (Å²) in [6, 6.07) is 17.2. The molecule has 3 aromatic rings. The van der Waals surface area contributed by atoms with Crippen LogP contribution in [0.25, 0.3) is 5.69 Å². The predicted molar refractivity (Wildman–Crippen MR) is 80.4 cm³/mol. The third kappa shape index (κ3) is 2.27. The molecule has 1 aromatic heterocycles. The second-order valence-corrected chi connectivity index (χ2v) is 5.29. The first-order chi connectivity index (χ1) is 10.4. The van der Waals surface area contributed by atoms with E-state index in [9.17, 15) is 0 Å².